The maximum Gasteiger partial charge on any atom is 0.125 e. The van der Waals surface area contributed by atoms with E-state index in [9.17, 15) is 0 Å². The number of hydrogen-bond acceptors (Lipinski definition) is 1. The van der Waals surface area contributed by atoms with Gasteiger partial charge in [-0.1, -0.05) is 11.6 Å². The van der Waals surface area contributed by atoms with E-state index >= 15 is 0 Å². The molecule has 0 aromatic heterocycles. The van der Waals surface area contributed by atoms with Crippen molar-refractivity contribution in [1.82, 2.24) is 0 Å². The number of rotatable bonds is 0. The standard InChI is InChI=1S/C9H7BrCl2O/c10-9-6(12)1-2-7-8(9)5(11)3-4-13-7/h1-2,5H,3-4H2. The van der Waals surface area contributed by atoms with Gasteiger partial charge in [0.15, 0.2) is 0 Å². The van der Waals surface area contributed by atoms with Crippen molar-refractivity contribution in [3.8, 4) is 5.75 Å². The summed E-state index contributed by atoms with van der Waals surface area (Å²) in [5.41, 5.74) is 0.973. The smallest absolute Gasteiger partial charge is 0.125 e. The molecule has 0 amide bonds. The molecule has 0 spiro atoms. The van der Waals surface area contributed by atoms with Gasteiger partial charge in [0.05, 0.1) is 17.0 Å². The molecule has 1 atom stereocenters. The van der Waals surface area contributed by atoms with Gasteiger partial charge in [-0.25, -0.2) is 0 Å². The molecule has 1 heterocycles. The van der Waals surface area contributed by atoms with Crippen molar-refractivity contribution in [3.05, 3.63) is 27.2 Å². The average molecular weight is 282 g/mol. The van der Waals surface area contributed by atoms with E-state index in [0.29, 0.717) is 11.6 Å². The fraction of sp³-hybridized carbons (Fsp3) is 0.333. The monoisotopic (exact) mass is 280 g/mol. The Morgan fingerprint density at radius 3 is 3.00 bits per heavy atom. The van der Waals surface area contributed by atoms with E-state index in [1.807, 2.05) is 6.07 Å². The highest BCUT2D eigenvalue weighted by Gasteiger charge is 2.23. The second-order valence-electron chi connectivity index (χ2n) is 2.88. The second-order valence-corrected chi connectivity index (χ2v) is 4.60. The molecule has 70 valence electrons. The number of benzene rings is 1. The molecular formula is C9H7BrCl2O. The molecule has 1 aromatic carbocycles. The van der Waals surface area contributed by atoms with E-state index in [1.54, 1.807) is 6.07 Å². The van der Waals surface area contributed by atoms with E-state index in [2.05, 4.69) is 15.9 Å². The van der Waals surface area contributed by atoms with Crippen LogP contribution in [-0.4, -0.2) is 6.61 Å². The summed E-state index contributed by atoms with van der Waals surface area (Å²) in [6.45, 7) is 0.676. The van der Waals surface area contributed by atoms with Gasteiger partial charge in [-0.2, -0.15) is 0 Å². The Morgan fingerprint density at radius 1 is 1.46 bits per heavy atom. The van der Waals surface area contributed by atoms with E-state index in [0.717, 1.165) is 22.2 Å². The summed E-state index contributed by atoms with van der Waals surface area (Å²) in [5.74, 6) is 0.836. The Hall–Kier alpha value is 0.0800. The van der Waals surface area contributed by atoms with Crippen molar-refractivity contribution in [2.45, 2.75) is 11.8 Å². The van der Waals surface area contributed by atoms with Gasteiger partial charge in [-0.05, 0) is 28.1 Å². The fourth-order valence-electron chi connectivity index (χ4n) is 1.38. The third-order valence-corrected chi connectivity index (χ3v) is 3.87. The number of hydrogen-bond donors (Lipinski definition) is 0. The summed E-state index contributed by atoms with van der Waals surface area (Å²) in [6, 6.07) is 3.66. The van der Waals surface area contributed by atoms with Gasteiger partial charge in [0.1, 0.15) is 5.75 Å². The largest absolute Gasteiger partial charge is 0.493 e. The minimum atomic E-state index is -0.00294. The third kappa shape index (κ3) is 1.67. The van der Waals surface area contributed by atoms with Gasteiger partial charge in [0.2, 0.25) is 0 Å². The van der Waals surface area contributed by atoms with Crippen molar-refractivity contribution >= 4 is 39.1 Å². The first kappa shape index (κ1) is 9.63. The highest BCUT2D eigenvalue weighted by atomic mass is 79.9. The highest BCUT2D eigenvalue weighted by molar-refractivity contribution is 9.10. The summed E-state index contributed by atoms with van der Waals surface area (Å²) in [4.78, 5) is 0. The predicted molar refractivity (Wildman–Crippen MR) is 57.9 cm³/mol. The van der Waals surface area contributed by atoms with E-state index < -0.39 is 0 Å². The molecule has 0 N–H and O–H groups in total. The summed E-state index contributed by atoms with van der Waals surface area (Å²) < 4.78 is 6.31. The average Bonchev–Trinajstić information content (AvgIpc) is 2.12. The third-order valence-electron chi connectivity index (χ3n) is 2.03. The van der Waals surface area contributed by atoms with Crippen LogP contribution in [0, 0.1) is 0 Å². The highest BCUT2D eigenvalue weighted by Crippen LogP contribution is 2.43. The zero-order valence-electron chi connectivity index (χ0n) is 6.69. The molecule has 0 saturated heterocycles. The molecule has 1 unspecified atom stereocenters. The summed E-state index contributed by atoms with van der Waals surface area (Å²) in [6.07, 6.45) is 0.827. The first-order chi connectivity index (χ1) is 6.20. The van der Waals surface area contributed by atoms with Crippen LogP contribution in [0.3, 0.4) is 0 Å². The van der Waals surface area contributed by atoms with Crippen molar-refractivity contribution in [3.63, 3.8) is 0 Å². The van der Waals surface area contributed by atoms with Crippen LogP contribution in [0.5, 0.6) is 5.75 Å². The summed E-state index contributed by atoms with van der Waals surface area (Å²) in [5, 5.41) is 0.673. The van der Waals surface area contributed by atoms with Gasteiger partial charge in [-0.3, -0.25) is 0 Å². The summed E-state index contributed by atoms with van der Waals surface area (Å²) >= 11 is 15.5. The number of fused-ring (bicyclic) bond motifs is 1. The van der Waals surface area contributed by atoms with Gasteiger partial charge in [-0.15, -0.1) is 11.6 Å². The van der Waals surface area contributed by atoms with Crippen molar-refractivity contribution in [2.75, 3.05) is 6.61 Å². The lowest BCUT2D eigenvalue weighted by Gasteiger charge is -2.23. The van der Waals surface area contributed by atoms with Crippen molar-refractivity contribution in [2.24, 2.45) is 0 Å². The molecule has 0 aliphatic carbocycles. The molecule has 0 radical (unpaired) electrons. The molecule has 2 rings (SSSR count). The van der Waals surface area contributed by atoms with Crippen LogP contribution in [-0.2, 0) is 0 Å². The van der Waals surface area contributed by atoms with E-state index in [4.69, 9.17) is 27.9 Å². The SMILES string of the molecule is Clc1ccc2c(c1Br)C(Cl)CCO2. The molecule has 13 heavy (non-hydrogen) atoms. The van der Waals surface area contributed by atoms with Crippen molar-refractivity contribution < 1.29 is 4.74 Å². The molecule has 1 nitrogen and oxygen atoms in total. The van der Waals surface area contributed by atoms with Crippen LogP contribution < -0.4 is 4.74 Å². The van der Waals surface area contributed by atoms with Crippen LogP contribution in [0.4, 0.5) is 0 Å². The van der Waals surface area contributed by atoms with E-state index in [-0.39, 0.29) is 5.38 Å². The lowest BCUT2D eigenvalue weighted by Crippen LogP contribution is -2.11. The van der Waals surface area contributed by atoms with E-state index in [1.165, 1.54) is 0 Å². The summed E-state index contributed by atoms with van der Waals surface area (Å²) in [7, 11) is 0. The quantitative estimate of drug-likeness (QED) is 0.649. The fourth-order valence-corrected chi connectivity index (χ4v) is 2.59. The van der Waals surface area contributed by atoms with Crippen LogP contribution in [0.1, 0.15) is 17.4 Å². The minimum absolute atomic E-state index is 0.00294. The predicted octanol–water partition coefficient (Wildman–Crippen LogP) is 4.16. The Bertz CT molecular complexity index is 341. The Kier molecular flexibility index (Phi) is 2.72. The van der Waals surface area contributed by atoms with Crippen LogP contribution in [0.15, 0.2) is 16.6 Å². The molecule has 0 saturated carbocycles. The maximum atomic E-state index is 6.16. The lowest BCUT2D eigenvalue weighted by molar-refractivity contribution is 0.284. The maximum absolute atomic E-state index is 6.16. The number of halogens is 3. The molecule has 1 aliphatic rings. The molecule has 4 heteroatoms. The molecule has 1 aromatic rings. The molecule has 0 bridgehead atoms. The zero-order valence-corrected chi connectivity index (χ0v) is 9.79. The van der Waals surface area contributed by atoms with Gasteiger partial charge in [0.25, 0.3) is 0 Å². The first-order valence-electron chi connectivity index (χ1n) is 3.95. The number of alkyl halides is 1. The zero-order chi connectivity index (χ0) is 9.42. The molecule has 1 aliphatic heterocycles. The lowest BCUT2D eigenvalue weighted by atomic mass is 10.1. The minimum Gasteiger partial charge on any atom is -0.493 e. The normalized spacial score (nSPS) is 20.7. The second kappa shape index (κ2) is 3.68. The van der Waals surface area contributed by atoms with Crippen LogP contribution in [0.25, 0.3) is 0 Å². The topological polar surface area (TPSA) is 9.23 Å². The van der Waals surface area contributed by atoms with Gasteiger partial charge in [0, 0.05) is 16.5 Å². The van der Waals surface area contributed by atoms with Gasteiger partial charge >= 0.3 is 0 Å². The van der Waals surface area contributed by atoms with Crippen LogP contribution >= 0.6 is 39.1 Å². The van der Waals surface area contributed by atoms with Gasteiger partial charge < -0.3 is 4.74 Å². The molecular weight excluding hydrogens is 275 g/mol. The Labute approximate surface area is 95.1 Å². The van der Waals surface area contributed by atoms with Crippen LogP contribution in [0.2, 0.25) is 5.02 Å². The Balaban J connectivity index is 2.58. The Morgan fingerprint density at radius 2 is 2.23 bits per heavy atom. The number of ether oxygens (including phenoxy) is 1. The first-order valence-corrected chi connectivity index (χ1v) is 5.55. The molecule has 0 fully saturated rings. The van der Waals surface area contributed by atoms with Crippen molar-refractivity contribution in [1.29, 1.82) is 0 Å².